The SMILES string of the molecule is Cc1nsc2ncnc(NCCN3CCOCC3)c12. The number of aryl methyl sites for hydroxylation is 1. The van der Waals surface area contributed by atoms with Crippen molar-refractivity contribution < 1.29 is 4.74 Å². The fraction of sp³-hybridized carbons (Fsp3) is 0.583. The molecule has 0 saturated carbocycles. The lowest BCUT2D eigenvalue weighted by Gasteiger charge is -2.26. The summed E-state index contributed by atoms with van der Waals surface area (Å²) in [4.78, 5) is 11.9. The van der Waals surface area contributed by atoms with Crippen LogP contribution in [-0.4, -0.2) is 58.6 Å². The Kier molecular flexibility index (Phi) is 3.86. The summed E-state index contributed by atoms with van der Waals surface area (Å²) in [6.07, 6.45) is 1.59. The van der Waals surface area contributed by atoms with E-state index in [1.54, 1.807) is 6.33 Å². The Bertz CT molecular complexity index is 552. The third kappa shape index (κ3) is 2.83. The van der Waals surface area contributed by atoms with Crippen molar-refractivity contribution in [2.24, 2.45) is 0 Å². The third-order valence-electron chi connectivity index (χ3n) is 3.27. The molecule has 3 rings (SSSR count). The lowest BCUT2D eigenvalue weighted by molar-refractivity contribution is 0.0398. The summed E-state index contributed by atoms with van der Waals surface area (Å²) >= 11 is 1.42. The van der Waals surface area contributed by atoms with Crippen molar-refractivity contribution in [3.63, 3.8) is 0 Å². The first-order valence-electron chi connectivity index (χ1n) is 6.45. The first-order chi connectivity index (χ1) is 9.34. The van der Waals surface area contributed by atoms with Crippen LogP contribution in [0.2, 0.25) is 0 Å². The second-order valence-electron chi connectivity index (χ2n) is 4.55. The van der Waals surface area contributed by atoms with Crippen LogP contribution in [-0.2, 0) is 4.74 Å². The highest BCUT2D eigenvalue weighted by Gasteiger charge is 2.12. The van der Waals surface area contributed by atoms with E-state index in [9.17, 15) is 0 Å². The van der Waals surface area contributed by atoms with Crippen molar-refractivity contribution in [3.05, 3.63) is 12.0 Å². The smallest absolute Gasteiger partial charge is 0.149 e. The van der Waals surface area contributed by atoms with Gasteiger partial charge >= 0.3 is 0 Å². The number of hydrogen-bond acceptors (Lipinski definition) is 7. The number of nitrogens with zero attached hydrogens (tertiary/aromatic N) is 4. The van der Waals surface area contributed by atoms with Gasteiger partial charge in [0.2, 0.25) is 0 Å². The van der Waals surface area contributed by atoms with E-state index in [1.807, 2.05) is 6.92 Å². The highest BCUT2D eigenvalue weighted by Crippen LogP contribution is 2.25. The molecule has 19 heavy (non-hydrogen) atoms. The minimum atomic E-state index is 0.839. The lowest BCUT2D eigenvalue weighted by atomic mass is 10.3. The molecule has 6 nitrogen and oxygen atoms in total. The van der Waals surface area contributed by atoms with E-state index >= 15 is 0 Å². The molecule has 0 bridgehead atoms. The monoisotopic (exact) mass is 279 g/mol. The van der Waals surface area contributed by atoms with Crippen molar-refractivity contribution in [1.29, 1.82) is 0 Å². The van der Waals surface area contributed by atoms with E-state index < -0.39 is 0 Å². The molecule has 102 valence electrons. The molecule has 3 heterocycles. The molecule has 0 atom stereocenters. The zero-order valence-corrected chi connectivity index (χ0v) is 11.7. The molecule has 1 aliphatic rings. The van der Waals surface area contributed by atoms with Gasteiger partial charge in [-0.1, -0.05) is 0 Å². The summed E-state index contributed by atoms with van der Waals surface area (Å²) in [5.74, 6) is 0.893. The summed E-state index contributed by atoms with van der Waals surface area (Å²) < 4.78 is 9.66. The summed E-state index contributed by atoms with van der Waals surface area (Å²) in [6, 6.07) is 0. The maximum absolute atomic E-state index is 5.34. The number of hydrogen-bond donors (Lipinski definition) is 1. The maximum atomic E-state index is 5.34. The second-order valence-corrected chi connectivity index (χ2v) is 5.30. The van der Waals surface area contributed by atoms with Gasteiger partial charge in [0.05, 0.1) is 24.3 Å². The van der Waals surface area contributed by atoms with Crippen molar-refractivity contribution in [3.8, 4) is 0 Å². The van der Waals surface area contributed by atoms with Gasteiger partial charge in [-0.2, -0.15) is 4.37 Å². The van der Waals surface area contributed by atoms with Gasteiger partial charge < -0.3 is 10.1 Å². The van der Waals surface area contributed by atoms with E-state index in [4.69, 9.17) is 4.74 Å². The number of fused-ring (bicyclic) bond motifs is 1. The summed E-state index contributed by atoms with van der Waals surface area (Å²) in [7, 11) is 0. The van der Waals surface area contributed by atoms with Gasteiger partial charge in [-0.15, -0.1) is 0 Å². The Morgan fingerprint density at radius 2 is 2.21 bits per heavy atom. The zero-order chi connectivity index (χ0) is 13.1. The summed E-state index contributed by atoms with van der Waals surface area (Å²) in [5, 5.41) is 4.45. The Morgan fingerprint density at radius 1 is 1.37 bits per heavy atom. The molecule has 7 heteroatoms. The quantitative estimate of drug-likeness (QED) is 0.905. The van der Waals surface area contributed by atoms with E-state index in [1.165, 1.54) is 11.5 Å². The molecule has 0 aliphatic carbocycles. The van der Waals surface area contributed by atoms with Crippen LogP contribution in [0.5, 0.6) is 0 Å². The van der Waals surface area contributed by atoms with Crippen molar-refractivity contribution >= 4 is 27.6 Å². The molecular formula is C12H17N5OS. The van der Waals surface area contributed by atoms with Crippen LogP contribution in [0, 0.1) is 6.92 Å². The van der Waals surface area contributed by atoms with E-state index in [0.717, 1.165) is 61.1 Å². The number of morpholine rings is 1. The van der Waals surface area contributed by atoms with Gasteiger partial charge in [-0.05, 0) is 18.5 Å². The molecule has 0 radical (unpaired) electrons. The molecule has 1 fully saturated rings. The molecule has 2 aromatic rings. The lowest BCUT2D eigenvalue weighted by Crippen LogP contribution is -2.39. The van der Waals surface area contributed by atoms with Crippen LogP contribution in [0.25, 0.3) is 10.2 Å². The minimum Gasteiger partial charge on any atom is -0.379 e. The van der Waals surface area contributed by atoms with Crippen molar-refractivity contribution in [1.82, 2.24) is 19.2 Å². The second kappa shape index (κ2) is 5.77. The summed E-state index contributed by atoms with van der Waals surface area (Å²) in [6.45, 7) is 7.58. The largest absolute Gasteiger partial charge is 0.379 e. The van der Waals surface area contributed by atoms with E-state index in [0.29, 0.717) is 0 Å². The van der Waals surface area contributed by atoms with Crippen LogP contribution >= 0.6 is 11.5 Å². The van der Waals surface area contributed by atoms with E-state index in [-0.39, 0.29) is 0 Å². The number of anilines is 1. The Balaban J connectivity index is 1.63. The predicted molar refractivity (Wildman–Crippen MR) is 75.7 cm³/mol. The summed E-state index contributed by atoms with van der Waals surface area (Å²) in [5.41, 5.74) is 0.995. The normalized spacial score (nSPS) is 16.9. The fourth-order valence-electron chi connectivity index (χ4n) is 2.21. The van der Waals surface area contributed by atoms with Crippen LogP contribution < -0.4 is 5.32 Å². The first-order valence-corrected chi connectivity index (χ1v) is 7.23. The van der Waals surface area contributed by atoms with Gasteiger partial charge in [0.15, 0.2) is 0 Å². The average molecular weight is 279 g/mol. The topological polar surface area (TPSA) is 63.2 Å². The third-order valence-corrected chi connectivity index (χ3v) is 4.12. The first kappa shape index (κ1) is 12.7. The van der Waals surface area contributed by atoms with Gasteiger partial charge in [-0.25, -0.2) is 9.97 Å². The maximum Gasteiger partial charge on any atom is 0.149 e. The Morgan fingerprint density at radius 3 is 3.05 bits per heavy atom. The van der Waals surface area contributed by atoms with Crippen LogP contribution in [0.15, 0.2) is 6.33 Å². The van der Waals surface area contributed by atoms with Crippen molar-refractivity contribution in [2.75, 3.05) is 44.7 Å². The Hall–Kier alpha value is -1.31. The highest BCUT2D eigenvalue weighted by atomic mass is 32.1. The molecule has 0 aromatic carbocycles. The highest BCUT2D eigenvalue weighted by molar-refractivity contribution is 7.13. The molecule has 2 aromatic heterocycles. The van der Waals surface area contributed by atoms with Crippen LogP contribution in [0.4, 0.5) is 5.82 Å². The standard InChI is InChI=1S/C12H17N5OS/c1-9-10-11(14-8-15-12(10)19-16-9)13-2-3-17-4-6-18-7-5-17/h8H,2-7H2,1H3,(H,13,14,15). The van der Waals surface area contributed by atoms with Gasteiger partial charge in [0, 0.05) is 26.2 Å². The van der Waals surface area contributed by atoms with Gasteiger partial charge in [0.25, 0.3) is 0 Å². The van der Waals surface area contributed by atoms with E-state index in [2.05, 4.69) is 24.6 Å². The molecule has 1 aliphatic heterocycles. The fourth-order valence-corrected chi connectivity index (χ4v) is 2.96. The molecule has 1 N–H and O–H groups in total. The number of nitrogens with one attached hydrogen (secondary N) is 1. The van der Waals surface area contributed by atoms with Crippen molar-refractivity contribution in [2.45, 2.75) is 6.92 Å². The number of ether oxygens (including phenoxy) is 1. The molecule has 0 unspecified atom stereocenters. The number of rotatable bonds is 4. The molecular weight excluding hydrogens is 262 g/mol. The van der Waals surface area contributed by atoms with Crippen LogP contribution in [0.1, 0.15) is 5.69 Å². The molecule has 0 amide bonds. The zero-order valence-electron chi connectivity index (χ0n) is 10.9. The Labute approximate surface area is 116 Å². The molecule has 1 saturated heterocycles. The average Bonchev–Trinajstić information content (AvgIpc) is 2.83. The number of aromatic nitrogens is 3. The minimum absolute atomic E-state index is 0.839. The van der Waals surface area contributed by atoms with Gasteiger partial charge in [0.1, 0.15) is 17.0 Å². The van der Waals surface area contributed by atoms with Gasteiger partial charge in [-0.3, -0.25) is 4.90 Å². The van der Waals surface area contributed by atoms with Crippen LogP contribution in [0.3, 0.4) is 0 Å². The molecule has 0 spiro atoms. The predicted octanol–water partition coefficient (Wildman–Crippen LogP) is 1.14.